The van der Waals surface area contributed by atoms with Gasteiger partial charge in [0, 0.05) is 12.7 Å². The summed E-state index contributed by atoms with van der Waals surface area (Å²) in [5.74, 6) is -0.205. The molecule has 5 heteroatoms. The molecule has 0 radical (unpaired) electrons. The van der Waals surface area contributed by atoms with Gasteiger partial charge in [0.15, 0.2) is 5.78 Å². The molecular formula is C14H18N2O3. The molecule has 0 saturated heterocycles. The van der Waals surface area contributed by atoms with E-state index >= 15 is 0 Å². The number of anilines is 1. The van der Waals surface area contributed by atoms with Crippen molar-refractivity contribution in [2.75, 3.05) is 19.5 Å². The highest BCUT2D eigenvalue weighted by Gasteiger charge is 2.18. The molecule has 0 bridgehead atoms. The molecule has 2 N–H and O–H groups in total. The van der Waals surface area contributed by atoms with Crippen LogP contribution in [0, 0.1) is 0 Å². The average Bonchev–Trinajstić information content (AvgIpc) is 2.38. The second-order valence-electron chi connectivity index (χ2n) is 3.96. The lowest BCUT2D eigenvalue weighted by Crippen LogP contribution is -2.23. The molecule has 0 heterocycles. The molecule has 0 aliphatic rings. The van der Waals surface area contributed by atoms with Gasteiger partial charge < -0.3 is 15.4 Å². The number of amides is 1. The molecule has 0 saturated carbocycles. The zero-order valence-corrected chi connectivity index (χ0v) is 11.5. The van der Waals surface area contributed by atoms with E-state index in [4.69, 9.17) is 4.74 Å². The molecular weight excluding hydrogens is 244 g/mol. The second-order valence-corrected chi connectivity index (χ2v) is 3.96. The van der Waals surface area contributed by atoms with Gasteiger partial charge in [-0.15, -0.1) is 0 Å². The van der Waals surface area contributed by atoms with E-state index in [1.165, 1.54) is 14.0 Å². The quantitative estimate of drug-likeness (QED) is 0.481. The van der Waals surface area contributed by atoms with Crippen LogP contribution in [0.4, 0.5) is 5.69 Å². The van der Waals surface area contributed by atoms with Gasteiger partial charge >= 0.3 is 0 Å². The molecule has 0 aromatic heterocycles. The molecule has 102 valence electrons. The number of hydrogen-bond acceptors (Lipinski definition) is 4. The third-order valence-corrected chi connectivity index (χ3v) is 2.68. The molecule has 0 spiro atoms. The normalized spacial score (nSPS) is 11.4. The van der Waals surface area contributed by atoms with Crippen LogP contribution in [-0.2, 0) is 9.59 Å². The molecule has 0 aliphatic heterocycles. The lowest BCUT2D eigenvalue weighted by Gasteiger charge is -2.12. The maximum atomic E-state index is 12.1. The predicted molar refractivity (Wildman–Crippen MR) is 74.1 cm³/mol. The van der Waals surface area contributed by atoms with Crippen LogP contribution in [0.25, 0.3) is 0 Å². The van der Waals surface area contributed by atoms with E-state index in [0.717, 1.165) is 0 Å². The van der Waals surface area contributed by atoms with Crippen LogP contribution in [0.3, 0.4) is 0 Å². The third kappa shape index (κ3) is 3.58. The molecule has 1 aromatic carbocycles. The van der Waals surface area contributed by atoms with Gasteiger partial charge in [-0.2, -0.15) is 0 Å². The van der Waals surface area contributed by atoms with E-state index in [0.29, 0.717) is 17.1 Å². The number of methoxy groups -OCH3 is 1. The van der Waals surface area contributed by atoms with Crippen LogP contribution in [0.2, 0.25) is 0 Å². The molecule has 1 aromatic rings. The van der Waals surface area contributed by atoms with E-state index in [2.05, 4.69) is 10.6 Å². The Kier molecular flexibility index (Phi) is 5.11. The molecule has 0 unspecified atom stereocenters. The van der Waals surface area contributed by atoms with Gasteiger partial charge in [0.05, 0.1) is 12.8 Å². The summed E-state index contributed by atoms with van der Waals surface area (Å²) in [5.41, 5.74) is 1.16. The summed E-state index contributed by atoms with van der Waals surface area (Å²) in [6.45, 7) is 3.04. The van der Waals surface area contributed by atoms with E-state index in [1.807, 2.05) is 0 Å². The Morgan fingerprint density at radius 2 is 1.79 bits per heavy atom. The fraction of sp³-hybridized carbons (Fsp3) is 0.286. The molecule has 0 fully saturated rings. The second kappa shape index (κ2) is 6.58. The maximum Gasteiger partial charge on any atom is 0.261 e. The molecule has 1 rings (SSSR count). The Morgan fingerprint density at radius 3 is 2.32 bits per heavy atom. The summed E-state index contributed by atoms with van der Waals surface area (Å²) in [5, 5.41) is 5.48. The van der Waals surface area contributed by atoms with Crippen molar-refractivity contribution < 1.29 is 14.3 Å². The average molecular weight is 262 g/mol. The van der Waals surface area contributed by atoms with E-state index in [9.17, 15) is 9.59 Å². The van der Waals surface area contributed by atoms with Crippen LogP contribution in [0.15, 0.2) is 35.5 Å². The first-order chi connectivity index (χ1) is 9.01. The number of benzene rings is 1. The van der Waals surface area contributed by atoms with E-state index in [-0.39, 0.29) is 11.4 Å². The minimum absolute atomic E-state index is 0.105. The number of ether oxygens (including phenoxy) is 1. The largest absolute Gasteiger partial charge is 0.495 e. The number of rotatable bonds is 5. The standard InChI is InChI=1S/C14H18N2O3/c1-9(15-3)13(10(2)17)14(18)16-11-7-5-6-8-12(11)19-4/h5-8,15H,1-4H3,(H,16,18). The Labute approximate surface area is 112 Å². The highest BCUT2D eigenvalue weighted by molar-refractivity contribution is 6.23. The predicted octanol–water partition coefficient (Wildman–Crippen LogP) is 1.72. The topological polar surface area (TPSA) is 67.4 Å². The number of carbonyl (C=O) groups is 2. The van der Waals surface area contributed by atoms with Gasteiger partial charge in [0.2, 0.25) is 0 Å². The van der Waals surface area contributed by atoms with Crippen LogP contribution in [0.1, 0.15) is 13.8 Å². The number of ketones is 1. The summed E-state index contributed by atoms with van der Waals surface area (Å²) < 4.78 is 5.14. The van der Waals surface area contributed by atoms with E-state index in [1.54, 1.807) is 38.2 Å². The number of nitrogens with one attached hydrogen (secondary N) is 2. The number of para-hydroxylation sites is 2. The highest BCUT2D eigenvalue weighted by Crippen LogP contribution is 2.23. The first kappa shape index (κ1) is 14.8. The Morgan fingerprint density at radius 1 is 1.16 bits per heavy atom. The fourth-order valence-corrected chi connectivity index (χ4v) is 1.65. The van der Waals surface area contributed by atoms with Crippen molar-refractivity contribution in [3.05, 3.63) is 35.5 Å². The molecule has 1 amide bonds. The van der Waals surface area contributed by atoms with E-state index < -0.39 is 5.91 Å². The number of hydrogen-bond donors (Lipinski definition) is 2. The first-order valence-corrected chi connectivity index (χ1v) is 5.85. The highest BCUT2D eigenvalue weighted by atomic mass is 16.5. The smallest absolute Gasteiger partial charge is 0.261 e. The van der Waals surface area contributed by atoms with Gasteiger partial charge in [0.25, 0.3) is 5.91 Å². The molecule has 5 nitrogen and oxygen atoms in total. The summed E-state index contributed by atoms with van der Waals surface area (Å²) in [6.07, 6.45) is 0. The Balaban J connectivity index is 3.05. The van der Waals surface area contributed by atoms with Crippen LogP contribution < -0.4 is 15.4 Å². The maximum absolute atomic E-state index is 12.1. The molecule has 0 aliphatic carbocycles. The summed E-state index contributed by atoms with van der Waals surface area (Å²) in [7, 11) is 3.18. The van der Waals surface area contributed by atoms with Crippen molar-refractivity contribution >= 4 is 17.4 Å². The zero-order valence-electron chi connectivity index (χ0n) is 11.5. The van der Waals surface area contributed by atoms with Crippen molar-refractivity contribution in [3.63, 3.8) is 0 Å². The Bertz CT molecular complexity index is 521. The van der Waals surface area contributed by atoms with Crippen LogP contribution in [0.5, 0.6) is 5.75 Å². The van der Waals surface area contributed by atoms with Crippen LogP contribution in [-0.4, -0.2) is 25.8 Å². The first-order valence-electron chi connectivity index (χ1n) is 5.85. The lowest BCUT2D eigenvalue weighted by molar-refractivity contribution is -0.119. The summed E-state index contributed by atoms with van der Waals surface area (Å²) >= 11 is 0. The van der Waals surface area contributed by atoms with Crippen molar-refractivity contribution in [1.82, 2.24) is 5.32 Å². The van der Waals surface area contributed by atoms with Gasteiger partial charge in [-0.25, -0.2) is 0 Å². The van der Waals surface area contributed by atoms with Crippen molar-refractivity contribution in [1.29, 1.82) is 0 Å². The minimum Gasteiger partial charge on any atom is -0.495 e. The number of carbonyl (C=O) groups excluding carboxylic acids is 2. The monoisotopic (exact) mass is 262 g/mol. The fourth-order valence-electron chi connectivity index (χ4n) is 1.65. The Hall–Kier alpha value is -2.30. The molecule has 19 heavy (non-hydrogen) atoms. The van der Waals surface area contributed by atoms with Crippen molar-refractivity contribution in [3.8, 4) is 5.75 Å². The van der Waals surface area contributed by atoms with Gasteiger partial charge in [-0.05, 0) is 26.0 Å². The number of allylic oxidation sites excluding steroid dienone is 1. The van der Waals surface area contributed by atoms with Crippen LogP contribution >= 0.6 is 0 Å². The van der Waals surface area contributed by atoms with Crippen molar-refractivity contribution in [2.45, 2.75) is 13.8 Å². The van der Waals surface area contributed by atoms with Gasteiger partial charge in [-0.1, -0.05) is 12.1 Å². The minimum atomic E-state index is -0.455. The SMILES string of the molecule is CNC(C)=C(C(C)=O)C(=O)Nc1ccccc1OC. The van der Waals surface area contributed by atoms with Gasteiger partial charge in [0.1, 0.15) is 11.3 Å². The third-order valence-electron chi connectivity index (χ3n) is 2.68. The summed E-state index contributed by atoms with van der Waals surface area (Å²) in [4.78, 5) is 23.7. The number of Topliss-reactive ketones (excluding diaryl/α,β-unsaturated/α-hetero) is 1. The zero-order chi connectivity index (χ0) is 14.4. The van der Waals surface area contributed by atoms with Crippen molar-refractivity contribution in [2.24, 2.45) is 0 Å². The molecule has 0 atom stereocenters. The van der Waals surface area contributed by atoms with Gasteiger partial charge in [-0.3, -0.25) is 9.59 Å². The lowest BCUT2D eigenvalue weighted by atomic mass is 10.1. The summed E-state index contributed by atoms with van der Waals surface area (Å²) in [6, 6.07) is 7.02.